The van der Waals surface area contributed by atoms with Gasteiger partial charge in [0.25, 0.3) is 17.1 Å². The zero-order valence-electron chi connectivity index (χ0n) is 21.6. The molecule has 0 saturated carbocycles. The number of benzene rings is 3. The number of imide groups is 1. The number of nitrogens with one attached hydrogen (secondary N) is 1. The van der Waals surface area contributed by atoms with Crippen LogP contribution in [0.25, 0.3) is 6.08 Å². The predicted octanol–water partition coefficient (Wildman–Crippen LogP) is 6.95. The van der Waals surface area contributed by atoms with E-state index >= 15 is 0 Å². The van der Waals surface area contributed by atoms with E-state index in [0.717, 1.165) is 22.2 Å². The van der Waals surface area contributed by atoms with Crippen LogP contribution in [-0.4, -0.2) is 42.5 Å². The summed E-state index contributed by atoms with van der Waals surface area (Å²) in [6.45, 7) is 1.55. The van der Waals surface area contributed by atoms with Gasteiger partial charge in [0.15, 0.2) is 29.6 Å². The Morgan fingerprint density at radius 2 is 1.80 bits per heavy atom. The lowest BCUT2D eigenvalue weighted by atomic mass is 10.1. The maximum absolute atomic E-state index is 13.1. The third-order valence-corrected chi connectivity index (χ3v) is 8.04. The molecule has 0 atom stereocenters. The van der Waals surface area contributed by atoms with E-state index in [1.807, 2.05) is 6.92 Å². The smallest absolute Gasteiger partial charge is 0.293 e. The Hall–Kier alpha value is -3.57. The second-order valence-corrected chi connectivity index (χ2v) is 11.1. The Bertz CT molecular complexity index is 1610. The minimum absolute atomic E-state index is 0.0365. The van der Waals surface area contributed by atoms with Gasteiger partial charge in [0, 0.05) is 21.8 Å². The van der Waals surface area contributed by atoms with Crippen molar-refractivity contribution in [3.63, 3.8) is 0 Å². The molecule has 2 aliphatic rings. The number of methoxy groups -OCH3 is 1. The molecule has 2 heterocycles. The standard InChI is InChI=1S/C28H21Cl3N2O7S/c1-14-3-4-17(9-18(14)29)32-25(34)12-38-26-20(31)5-15(6-23(26)37-2)7-24-27(35)33(28(36)41-24)11-16-8-21-22(10-19(16)30)40-13-39-21/h3-10H,11-13H2,1-2H3,(H,32,34)/b24-7-. The number of fused-ring (bicyclic) bond motifs is 1. The molecule has 1 N–H and O–H groups in total. The molecule has 0 bridgehead atoms. The summed E-state index contributed by atoms with van der Waals surface area (Å²) < 4.78 is 21.7. The molecular formula is C28H21Cl3N2O7S. The average Bonchev–Trinajstić information content (AvgIpc) is 3.48. The highest BCUT2D eigenvalue weighted by Gasteiger charge is 2.36. The van der Waals surface area contributed by atoms with Crippen molar-refractivity contribution in [1.29, 1.82) is 0 Å². The number of amides is 3. The number of thioether (sulfide) groups is 1. The summed E-state index contributed by atoms with van der Waals surface area (Å²) in [5.41, 5.74) is 2.44. The summed E-state index contributed by atoms with van der Waals surface area (Å²) in [7, 11) is 1.42. The van der Waals surface area contributed by atoms with Crippen LogP contribution in [-0.2, 0) is 16.1 Å². The Kier molecular flexibility index (Phi) is 8.55. The largest absolute Gasteiger partial charge is 0.493 e. The quantitative estimate of drug-likeness (QED) is 0.266. The molecule has 0 spiro atoms. The number of anilines is 1. The van der Waals surface area contributed by atoms with Gasteiger partial charge < -0.3 is 24.3 Å². The van der Waals surface area contributed by atoms with Crippen LogP contribution < -0.4 is 24.3 Å². The molecule has 1 fully saturated rings. The van der Waals surface area contributed by atoms with Gasteiger partial charge in [0.1, 0.15) is 0 Å². The normalized spacial score (nSPS) is 15.0. The highest BCUT2D eigenvalue weighted by atomic mass is 35.5. The summed E-state index contributed by atoms with van der Waals surface area (Å²) in [4.78, 5) is 39.5. The van der Waals surface area contributed by atoms with Crippen LogP contribution in [0.3, 0.4) is 0 Å². The van der Waals surface area contributed by atoms with E-state index in [4.69, 9.17) is 53.8 Å². The fraction of sp³-hybridized carbons (Fsp3) is 0.179. The maximum atomic E-state index is 13.1. The first-order valence-corrected chi connectivity index (χ1v) is 14.0. The number of carbonyl (C=O) groups is 3. The van der Waals surface area contributed by atoms with E-state index in [0.29, 0.717) is 38.4 Å². The maximum Gasteiger partial charge on any atom is 0.293 e. The fourth-order valence-electron chi connectivity index (χ4n) is 4.01. The van der Waals surface area contributed by atoms with Crippen LogP contribution in [0.5, 0.6) is 23.0 Å². The molecule has 1 saturated heterocycles. The zero-order chi connectivity index (χ0) is 29.3. The minimum atomic E-state index is -0.489. The van der Waals surface area contributed by atoms with Crippen LogP contribution in [0.15, 0.2) is 47.4 Å². The van der Waals surface area contributed by atoms with Crippen LogP contribution in [0.2, 0.25) is 15.1 Å². The zero-order valence-corrected chi connectivity index (χ0v) is 24.7. The Morgan fingerprint density at radius 3 is 2.54 bits per heavy atom. The molecule has 9 nitrogen and oxygen atoms in total. The van der Waals surface area contributed by atoms with Gasteiger partial charge in [-0.15, -0.1) is 0 Å². The average molecular weight is 636 g/mol. The van der Waals surface area contributed by atoms with Crippen LogP contribution >= 0.6 is 46.6 Å². The molecule has 3 aromatic rings. The third-order valence-electron chi connectivity index (χ3n) is 6.10. The lowest BCUT2D eigenvalue weighted by Crippen LogP contribution is -2.27. The SMILES string of the molecule is COc1cc(/C=C2\SC(=O)N(Cc3cc4c(cc3Cl)OCO4)C2=O)cc(Cl)c1OCC(=O)Nc1ccc(C)c(Cl)c1. The number of halogens is 3. The van der Waals surface area contributed by atoms with E-state index in [2.05, 4.69) is 5.32 Å². The molecule has 2 aliphatic heterocycles. The summed E-state index contributed by atoms with van der Waals surface area (Å²) in [6.07, 6.45) is 1.53. The summed E-state index contributed by atoms with van der Waals surface area (Å²) in [5, 5.41) is 3.27. The fourth-order valence-corrected chi connectivity index (χ4v) is 5.51. The molecule has 0 aromatic heterocycles. The van der Waals surface area contributed by atoms with E-state index in [9.17, 15) is 14.4 Å². The van der Waals surface area contributed by atoms with E-state index in [-0.39, 0.29) is 41.4 Å². The van der Waals surface area contributed by atoms with Gasteiger partial charge in [-0.05, 0) is 71.8 Å². The number of ether oxygens (including phenoxy) is 4. The number of aryl methyl sites for hydroxylation is 1. The number of rotatable bonds is 8. The number of nitrogens with zero attached hydrogens (tertiary/aromatic N) is 1. The number of hydrogen-bond donors (Lipinski definition) is 1. The van der Waals surface area contributed by atoms with Gasteiger partial charge >= 0.3 is 0 Å². The van der Waals surface area contributed by atoms with Crippen molar-refractivity contribution in [2.24, 2.45) is 0 Å². The molecular weight excluding hydrogens is 615 g/mol. The van der Waals surface area contributed by atoms with E-state index in [1.54, 1.807) is 42.5 Å². The highest BCUT2D eigenvalue weighted by molar-refractivity contribution is 8.18. The van der Waals surface area contributed by atoms with E-state index in [1.165, 1.54) is 13.2 Å². The second-order valence-electron chi connectivity index (χ2n) is 8.90. The van der Waals surface area contributed by atoms with Crippen molar-refractivity contribution in [2.75, 3.05) is 25.8 Å². The summed E-state index contributed by atoms with van der Waals surface area (Å²) in [5.74, 6) is 0.464. The third kappa shape index (κ3) is 6.36. The first kappa shape index (κ1) is 28.9. The molecule has 0 aliphatic carbocycles. The Balaban J connectivity index is 1.28. The van der Waals surface area contributed by atoms with Gasteiger partial charge in [0.2, 0.25) is 6.79 Å². The van der Waals surface area contributed by atoms with Crippen LogP contribution in [0.1, 0.15) is 16.7 Å². The highest BCUT2D eigenvalue weighted by Crippen LogP contribution is 2.41. The number of hydrogen-bond acceptors (Lipinski definition) is 8. The molecule has 3 amide bonds. The Morgan fingerprint density at radius 1 is 1.05 bits per heavy atom. The molecule has 0 radical (unpaired) electrons. The van der Waals surface area contributed by atoms with Crippen LogP contribution in [0, 0.1) is 6.92 Å². The first-order chi connectivity index (χ1) is 19.6. The lowest BCUT2D eigenvalue weighted by molar-refractivity contribution is -0.123. The molecule has 5 rings (SSSR count). The van der Waals surface area contributed by atoms with Crippen molar-refractivity contribution >= 4 is 75.4 Å². The van der Waals surface area contributed by atoms with Crippen molar-refractivity contribution in [2.45, 2.75) is 13.5 Å². The predicted molar refractivity (Wildman–Crippen MR) is 157 cm³/mol. The monoisotopic (exact) mass is 634 g/mol. The van der Waals surface area contributed by atoms with Gasteiger partial charge in [-0.25, -0.2) is 0 Å². The van der Waals surface area contributed by atoms with Crippen molar-refractivity contribution in [3.8, 4) is 23.0 Å². The molecule has 3 aromatic carbocycles. The molecule has 41 heavy (non-hydrogen) atoms. The van der Waals surface area contributed by atoms with Gasteiger partial charge in [0.05, 0.1) is 23.6 Å². The van der Waals surface area contributed by atoms with Crippen LogP contribution in [0.4, 0.5) is 10.5 Å². The topological polar surface area (TPSA) is 103 Å². The summed E-state index contributed by atoms with van der Waals surface area (Å²) in [6, 6.07) is 11.5. The molecule has 13 heteroatoms. The van der Waals surface area contributed by atoms with Gasteiger partial charge in [-0.3, -0.25) is 19.3 Å². The summed E-state index contributed by atoms with van der Waals surface area (Å²) >= 11 is 19.7. The lowest BCUT2D eigenvalue weighted by Gasteiger charge is -2.14. The molecule has 212 valence electrons. The molecule has 0 unspecified atom stereocenters. The van der Waals surface area contributed by atoms with Crippen molar-refractivity contribution in [3.05, 3.63) is 79.1 Å². The van der Waals surface area contributed by atoms with Gasteiger partial charge in [-0.2, -0.15) is 0 Å². The van der Waals surface area contributed by atoms with Crippen molar-refractivity contribution < 1.29 is 33.3 Å². The van der Waals surface area contributed by atoms with Gasteiger partial charge in [-0.1, -0.05) is 40.9 Å². The Labute approximate surface area is 254 Å². The second kappa shape index (κ2) is 12.1. The minimum Gasteiger partial charge on any atom is -0.493 e. The number of carbonyl (C=O) groups excluding carboxylic acids is 3. The van der Waals surface area contributed by atoms with E-state index < -0.39 is 17.1 Å². The van der Waals surface area contributed by atoms with Crippen molar-refractivity contribution in [1.82, 2.24) is 4.90 Å². The first-order valence-electron chi connectivity index (χ1n) is 12.0.